The van der Waals surface area contributed by atoms with Gasteiger partial charge in [-0.05, 0) is 13.0 Å². The van der Waals surface area contributed by atoms with Gasteiger partial charge in [-0.1, -0.05) is 0 Å². The summed E-state index contributed by atoms with van der Waals surface area (Å²) in [6.45, 7) is 1.13. The van der Waals surface area contributed by atoms with Gasteiger partial charge in [0.25, 0.3) is 5.56 Å². The van der Waals surface area contributed by atoms with Crippen molar-refractivity contribution < 1.29 is 9.90 Å². The van der Waals surface area contributed by atoms with E-state index in [1.807, 2.05) is 6.07 Å². The molecule has 0 aromatic carbocycles. The lowest BCUT2D eigenvalue weighted by atomic mass is 10.2. The van der Waals surface area contributed by atoms with Crippen molar-refractivity contribution in [2.75, 3.05) is 0 Å². The van der Waals surface area contributed by atoms with Gasteiger partial charge in [0.2, 0.25) is 0 Å². The summed E-state index contributed by atoms with van der Waals surface area (Å²) in [4.78, 5) is 21.7. The zero-order valence-corrected chi connectivity index (χ0v) is 7.52. The molecule has 0 aliphatic heterocycles. The minimum absolute atomic E-state index is 0.311. The molecule has 1 aromatic rings. The Labute approximate surface area is 79.8 Å². The van der Waals surface area contributed by atoms with Gasteiger partial charge in [-0.15, -0.1) is 0 Å². The highest BCUT2D eigenvalue weighted by molar-refractivity contribution is 5.66. The molecule has 0 atom stereocenters. The summed E-state index contributed by atoms with van der Waals surface area (Å²) < 4.78 is 1.06. The number of aromatic nitrogens is 1. The van der Waals surface area contributed by atoms with E-state index < -0.39 is 18.1 Å². The molecule has 0 saturated heterocycles. The summed E-state index contributed by atoms with van der Waals surface area (Å²) in [6, 6.07) is 4.46. The number of carboxylic acid groups (broad SMARTS) is 1. The van der Waals surface area contributed by atoms with Gasteiger partial charge in [0, 0.05) is 11.8 Å². The first-order valence-electron chi connectivity index (χ1n) is 3.88. The molecule has 0 fully saturated rings. The van der Waals surface area contributed by atoms with Crippen molar-refractivity contribution in [2.24, 2.45) is 0 Å². The number of nitriles is 1. The molecule has 0 aliphatic carbocycles. The van der Waals surface area contributed by atoms with E-state index in [9.17, 15) is 9.59 Å². The second-order valence-corrected chi connectivity index (χ2v) is 2.76. The molecule has 1 heterocycles. The highest BCUT2D eigenvalue weighted by Gasteiger charge is 2.07. The van der Waals surface area contributed by atoms with E-state index in [1.54, 1.807) is 6.92 Å². The van der Waals surface area contributed by atoms with Gasteiger partial charge in [0.1, 0.15) is 12.6 Å². The van der Waals surface area contributed by atoms with Crippen LogP contribution in [0.3, 0.4) is 0 Å². The van der Waals surface area contributed by atoms with Crippen LogP contribution in [-0.4, -0.2) is 15.6 Å². The number of carbonyl (C=O) groups is 1. The Morgan fingerprint density at radius 3 is 2.79 bits per heavy atom. The van der Waals surface area contributed by atoms with Crippen LogP contribution in [0.4, 0.5) is 0 Å². The van der Waals surface area contributed by atoms with Gasteiger partial charge >= 0.3 is 5.97 Å². The second-order valence-electron chi connectivity index (χ2n) is 2.76. The van der Waals surface area contributed by atoms with Gasteiger partial charge < -0.3 is 9.67 Å². The molecule has 0 unspecified atom stereocenters. The molecule has 5 heteroatoms. The van der Waals surface area contributed by atoms with Crippen LogP contribution in [0.25, 0.3) is 0 Å². The van der Waals surface area contributed by atoms with Crippen molar-refractivity contribution in [3.8, 4) is 6.07 Å². The zero-order valence-electron chi connectivity index (χ0n) is 7.52. The fourth-order valence-electron chi connectivity index (χ4n) is 1.13. The summed E-state index contributed by atoms with van der Waals surface area (Å²) in [5.74, 6) is -1.11. The first-order chi connectivity index (χ1) is 6.56. The minimum atomic E-state index is -1.11. The van der Waals surface area contributed by atoms with Gasteiger partial charge in [-0.25, -0.2) is 0 Å². The number of hydrogen-bond donors (Lipinski definition) is 1. The fourth-order valence-corrected chi connectivity index (χ4v) is 1.13. The van der Waals surface area contributed by atoms with E-state index in [2.05, 4.69) is 0 Å². The van der Waals surface area contributed by atoms with E-state index in [0.717, 1.165) is 4.57 Å². The van der Waals surface area contributed by atoms with Crippen LogP contribution in [0, 0.1) is 18.3 Å². The summed E-state index contributed by atoms with van der Waals surface area (Å²) in [5, 5.41) is 17.2. The van der Waals surface area contributed by atoms with Crippen molar-refractivity contribution in [3.05, 3.63) is 33.7 Å². The highest BCUT2D eigenvalue weighted by Crippen LogP contribution is 2.02. The largest absolute Gasteiger partial charge is 0.480 e. The zero-order chi connectivity index (χ0) is 10.7. The van der Waals surface area contributed by atoms with Crippen molar-refractivity contribution in [3.63, 3.8) is 0 Å². The predicted molar refractivity (Wildman–Crippen MR) is 47.8 cm³/mol. The lowest BCUT2D eigenvalue weighted by molar-refractivity contribution is -0.137. The standard InChI is InChI=1S/C9H8N2O3/c1-6-7(4-10)2-3-8(12)11(6)5-9(13)14/h2-3H,5H2,1H3,(H,13,14). The third kappa shape index (κ3) is 1.80. The third-order valence-corrected chi connectivity index (χ3v) is 1.87. The molecule has 0 radical (unpaired) electrons. The summed E-state index contributed by atoms with van der Waals surface area (Å²) >= 11 is 0. The van der Waals surface area contributed by atoms with E-state index in [4.69, 9.17) is 10.4 Å². The van der Waals surface area contributed by atoms with Crippen molar-refractivity contribution >= 4 is 5.97 Å². The van der Waals surface area contributed by atoms with Crippen LogP contribution in [0.5, 0.6) is 0 Å². The topological polar surface area (TPSA) is 83.1 Å². The number of hydrogen-bond acceptors (Lipinski definition) is 3. The Morgan fingerprint density at radius 2 is 2.29 bits per heavy atom. The van der Waals surface area contributed by atoms with Crippen molar-refractivity contribution in [1.82, 2.24) is 4.57 Å². The minimum Gasteiger partial charge on any atom is -0.480 e. The molecule has 0 bridgehead atoms. The van der Waals surface area contributed by atoms with Crippen LogP contribution >= 0.6 is 0 Å². The first-order valence-corrected chi connectivity index (χ1v) is 3.88. The van der Waals surface area contributed by atoms with E-state index in [-0.39, 0.29) is 0 Å². The maximum absolute atomic E-state index is 11.2. The van der Waals surface area contributed by atoms with Crippen LogP contribution in [0.2, 0.25) is 0 Å². The quantitative estimate of drug-likeness (QED) is 0.721. The van der Waals surface area contributed by atoms with E-state index in [1.165, 1.54) is 12.1 Å². The number of carboxylic acids is 1. The molecule has 5 nitrogen and oxygen atoms in total. The number of pyridine rings is 1. The lowest BCUT2D eigenvalue weighted by Gasteiger charge is -2.07. The summed E-state index contributed by atoms with van der Waals surface area (Å²) in [5.41, 5.74) is 0.275. The maximum atomic E-state index is 11.2. The summed E-state index contributed by atoms with van der Waals surface area (Å²) in [6.07, 6.45) is 0. The smallest absolute Gasteiger partial charge is 0.323 e. The number of nitrogens with zero attached hydrogens (tertiary/aromatic N) is 2. The average Bonchev–Trinajstić information content (AvgIpc) is 2.12. The molecule has 1 rings (SSSR count). The van der Waals surface area contributed by atoms with Gasteiger partial charge in [-0.3, -0.25) is 9.59 Å². The Balaban J connectivity index is 3.34. The predicted octanol–water partition coefficient (Wildman–Crippen LogP) is 0.113. The maximum Gasteiger partial charge on any atom is 0.323 e. The molecule has 14 heavy (non-hydrogen) atoms. The molecule has 0 aliphatic rings. The Morgan fingerprint density at radius 1 is 1.64 bits per heavy atom. The fraction of sp³-hybridized carbons (Fsp3) is 0.222. The number of rotatable bonds is 2. The van der Waals surface area contributed by atoms with Gasteiger partial charge in [-0.2, -0.15) is 5.26 Å². The summed E-state index contributed by atoms with van der Waals surface area (Å²) in [7, 11) is 0. The highest BCUT2D eigenvalue weighted by atomic mass is 16.4. The van der Waals surface area contributed by atoms with Gasteiger partial charge in [0.15, 0.2) is 0 Å². The molecule has 72 valence electrons. The molecule has 1 aromatic heterocycles. The third-order valence-electron chi connectivity index (χ3n) is 1.87. The lowest BCUT2D eigenvalue weighted by Crippen LogP contribution is -2.25. The van der Waals surface area contributed by atoms with Crippen molar-refractivity contribution in [2.45, 2.75) is 13.5 Å². The normalized spacial score (nSPS) is 9.43. The SMILES string of the molecule is Cc1c(C#N)ccc(=O)n1CC(=O)O. The average molecular weight is 192 g/mol. The number of aliphatic carboxylic acids is 1. The molecule has 0 amide bonds. The Bertz CT molecular complexity index is 468. The second kappa shape index (κ2) is 3.75. The molecule has 0 saturated carbocycles. The van der Waals surface area contributed by atoms with Gasteiger partial charge in [0.05, 0.1) is 5.56 Å². The first kappa shape index (κ1) is 9.99. The van der Waals surface area contributed by atoms with Crippen LogP contribution < -0.4 is 5.56 Å². The van der Waals surface area contributed by atoms with Crippen molar-refractivity contribution in [1.29, 1.82) is 5.26 Å². The van der Waals surface area contributed by atoms with E-state index in [0.29, 0.717) is 11.3 Å². The van der Waals surface area contributed by atoms with Crippen LogP contribution in [-0.2, 0) is 11.3 Å². The Hall–Kier alpha value is -2.09. The van der Waals surface area contributed by atoms with Crippen LogP contribution in [0.15, 0.2) is 16.9 Å². The molecule has 0 spiro atoms. The van der Waals surface area contributed by atoms with Crippen LogP contribution in [0.1, 0.15) is 11.3 Å². The Kier molecular flexibility index (Phi) is 2.67. The monoisotopic (exact) mass is 192 g/mol. The molecular formula is C9H8N2O3. The molecular weight excluding hydrogens is 184 g/mol. The van der Waals surface area contributed by atoms with E-state index >= 15 is 0 Å². The molecule has 1 N–H and O–H groups in total.